The number of benzene rings is 4. The van der Waals surface area contributed by atoms with Gasteiger partial charge in [0.05, 0.1) is 25.5 Å². The Kier molecular flexibility index (Phi) is 7.68. The molecule has 0 aliphatic carbocycles. The topological polar surface area (TPSA) is 34.6 Å². The van der Waals surface area contributed by atoms with Crippen LogP contribution in [-0.4, -0.2) is 21.6 Å². The highest BCUT2D eigenvalue weighted by Crippen LogP contribution is 2.29. The van der Waals surface area contributed by atoms with Crippen molar-refractivity contribution in [3.8, 4) is 0 Å². The first-order valence-electron chi connectivity index (χ1n) is 12.6. The Bertz CT molecular complexity index is 1740. The quantitative estimate of drug-likeness (QED) is 0.129. The summed E-state index contributed by atoms with van der Waals surface area (Å²) >= 11 is 25.8. The Hall–Kier alpha value is -3.54. The molecule has 0 radical (unpaired) electrons. The van der Waals surface area contributed by atoms with Crippen LogP contribution in [0.25, 0.3) is 21.8 Å². The first-order chi connectivity index (χ1) is 19.5. The van der Waals surface area contributed by atoms with E-state index in [0.29, 0.717) is 33.2 Å². The molecule has 8 heteroatoms. The lowest BCUT2D eigenvalue weighted by molar-refractivity contribution is 0.836. The van der Waals surface area contributed by atoms with Gasteiger partial charge < -0.3 is 9.13 Å². The number of para-hydroxylation sites is 2. The molecule has 40 heavy (non-hydrogen) atoms. The minimum absolute atomic E-state index is 0.547. The van der Waals surface area contributed by atoms with Crippen LogP contribution in [0.2, 0.25) is 20.1 Å². The van der Waals surface area contributed by atoms with Gasteiger partial charge in [0.25, 0.3) is 0 Å². The van der Waals surface area contributed by atoms with Gasteiger partial charge in [-0.1, -0.05) is 94.9 Å². The number of hydrogen-bond donors (Lipinski definition) is 0. The van der Waals surface area contributed by atoms with Crippen molar-refractivity contribution in [2.75, 3.05) is 0 Å². The van der Waals surface area contributed by atoms with Gasteiger partial charge >= 0.3 is 0 Å². The lowest BCUT2D eigenvalue weighted by atomic mass is 10.2. The van der Waals surface area contributed by atoms with Crippen LogP contribution in [0.15, 0.2) is 108 Å². The molecule has 6 rings (SSSR count). The smallest absolute Gasteiger partial charge is 0.0589 e. The highest BCUT2D eigenvalue weighted by molar-refractivity contribution is 6.36. The maximum atomic E-state index is 6.44. The summed E-state index contributed by atoms with van der Waals surface area (Å²) in [4.78, 5) is 0. The van der Waals surface area contributed by atoms with E-state index < -0.39 is 0 Å². The Morgan fingerprint density at radius 3 is 1.27 bits per heavy atom. The minimum atomic E-state index is 0.547. The number of nitrogens with zero attached hydrogens (tertiary/aromatic N) is 4. The monoisotopic (exact) mass is 602 g/mol. The van der Waals surface area contributed by atoms with Crippen molar-refractivity contribution in [3.63, 3.8) is 0 Å². The zero-order valence-corrected chi connectivity index (χ0v) is 24.1. The van der Waals surface area contributed by atoms with E-state index in [1.54, 1.807) is 12.4 Å². The second-order valence-electron chi connectivity index (χ2n) is 9.35. The number of halogens is 4. The molecular formula is C32H22Cl4N4. The van der Waals surface area contributed by atoms with Crippen molar-refractivity contribution >= 4 is 80.6 Å². The van der Waals surface area contributed by atoms with Gasteiger partial charge in [-0.3, -0.25) is 0 Å². The Labute approximate surface area is 251 Å². The molecule has 0 bridgehead atoms. The summed E-state index contributed by atoms with van der Waals surface area (Å²) in [6, 6.07) is 27.4. The molecule has 6 aromatic rings. The molecule has 0 spiro atoms. The maximum Gasteiger partial charge on any atom is 0.0589 e. The van der Waals surface area contributed by atoms with E-state index in [0.717, 1.165) is 44.1 Å². The lowest BCUT2D eigenvalue weighted by Gasteiger charge is -2.09. The standard InChI is InChI=1S/C32H22Cl4N4/c33-27-9-5-10-28(34)25(27)19-39-17-21(23-7-1-3-13-31(23)39)15-37-38-16-22-18-40(32-14-4-2-8-24(22)32)20-26-29(35)11-6-12-30(26)36/h1-18H,19-20H2/b37-15-,38-16-. The lowest BCUT2D eigenvalue weighted by Crippen LogP contribution is -1.99. The molecule has 0 unspecified atom stereocenters. The number of hydrogen-bond acceptors (Lipinski definition) is 2. The van der Waals surface area contributed by atoms with Crippen molar-refractivity contribution in [1.29, 1.82) is 0 Å². The van der Waals surface area contributed by atoms with Gasteiger partial charge in [0.15, 0.2) is 0 Å². The first-order valence-corrected chi connectivity index (χ1v) is 14.1. The molecule has 0 aliphatic rings. The summed E-state index contributed by atoms with van der Waals surface area (Å²) < 4.78 is 4.25. The van der Waals surface area contributed by atoms with Crippen LogP contribution in [0, 0.1) is 0 Å². The van der Waals surface area contributed by atoms with E-state index in [9.17, 15) is 0 Å². The van der Waals surface area contributed by atoms with Gasteiger partial charge in [-0.2, -0.15) is 10.2 Å². The largest absolute Gasteiger partial charge is 0.342 e. The molecule has 0 N–H and O–H groups in total. The van der Waals surface area contributed by atoms with Crippen LogP contribution in [0.5, 0.6) is 0 Å². The number of rotatable bonds is 7. The van der Waals surface area contributed by atoms with Crippen LogP contribution in [0.4, 0.5) is 0 Å². The second kappa shape index (κ2) is 11.5. The van der Waals surface area contributed by atoms with Crippen LogP contribution in [0.3, 0.4) is 0 Å². The average molecular weight is 604 g/mol. The Morgan fingerprint density at radius 1 is 0.500 bits per heavy atom. The van der Waals surface area contributed by atoms with Gasteiger partial charge in [0.2, 0.25) is 0 Å². The van der Waals surface area contributed by atoms with Crippen LogP contribution >= 0.6 is 46.4 Å². The molecule has 0 saturated heterocycles. The normalized spacial score (nSPS) is 12.0. The van der Waals surface area contributed by atoms with Crippen molar-refractivity contribution < 1.29 is 0 Å². The fourth-order valence-corrected chi connectivity index (χ4v) is 5.95. The van der Waals surface area contributed by atoms with Crippen molar-refractivity contribution in [1.82, 2.24) is 9.13 Å². The molecule has 0 amide bonds. The van der Waals surface area contributed by atoms with Crippen molar-refractivity contribution in [3.05, 3.63) is 140 Å². The molecule has 0 atom stereocenters. The number of aromatic nitrogens is 2. The van der Waals surface area contributed by atoms with E-state index in [1.165, 1.54) is 0 Å². The van der Waals surface area contributed by atoms with Crippen LogP contribution in [0.1, 0.15) is 22.3 Å². The molecule has 0 saturated carbocycles. The third-order valence-electron chi connectivity index (χ3n) is 6.88. The zero-order valence-electron chi connectivity index (χ0n) is 21.1. The minimum Gasteiger partial charge on any atom is -0.342 e. The van der Waals surface area contributed by atoms with Crippen LogP contribution in [-0.2, 0) is 13.1 Å². The molecule has 4 aromatic carbocycles. The summed E-state index contributed by atoms with van der Waals surface area (Å²) in [5.41, 5.74) is 5.78. The van der Waals surface area contributed by atoms with E-state index in [-0.39, 0.29) is 0 Å². The summed E-state index contributed by atoms with van der Waals surface area (Å²) in [7, 11) is 0. The fraction of sp³-hybridized carbons (Fsp3) is 0.0625. The molecule has 0 aliphatic heterocycles. The maximum absolute atomic E-state index is 6.44. The SMILES string of the molecule is Clc1cccc(Cl)c1Cn1cc(/C=N\N=C/c2cn(Cc3c(Cl)cccc3Cl)c3ccccc23)c2ccccc21. The van der Waals surface area contributed by atoms with Gasteiger partial charge in [-0.25, -0.2) is 0 Å². The van der Waals surface area contributed by atoms with Crippen LogP contribution < -0.4 is 0 Å². The molecule has 2 aromatic heterocycles. The third kappa shape index (κ3) is 5.28. The van der Waals surface area contributed by atoms with Gasteiger partial charge in [0, 0.05) is 76.5 Å². The fourth-order valence-electron chi connectivity index (χ4n) is 4.92. The van der Waals surface area contributed by atoms with Gasteiger partial charge in [-0.05, 0) is 36.4 Å². The van der Waals surface area contributed by atoms with E-state index in [1.807, 2.05) is 73.1 Å². The molecule has 2 heterocycles. The molecular weight excluding hydrogens is 582 g/mol. The molecule has 198 valence electrons. The summed E-state index contributed by atoms with van der Waals surface area (Å²) in [5, 5.41) is 13.5. The van der Waals surface area contributed by atoms with Crippen molar-refractivity contribution in [2.24, 2.45) is 10.2 Å². The average Bonchev–Trinajstić information content (AvgIpc) is 3.49. The van der Waals surface area contributed by atoms with Gasteiger partial charge in [0.1, 0.15) is 0 Å². The molecule has 4 nitrogen and oxygen atoms in total. The Morgan fingerprint density at radius 2 is 0.875 bits per heavy atom. The predicted octanol–water partition coefficient (Wildman–Crippen LogP) is 9.76. The van der Waals surface area contributed by atoms with Gasteiger partial charge in [-0.15, -0.1) is 0 Å². The summed E-state index contributed by atoms with van der Waals surface area (Å²) in [5.74, 6) is 0. The highest BCUT2D eigenvalue weighted by atomic mass is 35.5. The third-order valence-corrected chi connectivity index (χ3v) is 8.30. The zero-order chi connectivity index (χ0) is 27.6. The predicted molar refractivity (Wildman–Crippen MR) is 170 cm³/mol. The molecule has 0 fully saturated rings. The Balaban J connectivity index is 1.29. The summed E-state index contributed by atoms with van der Waals surface area (Å²) in [6.07, 6.45) is 7.63. The van der Waals surface area contributed by atoms with E-state index in [4.69, 9.17) is 46.4 Å². The van der Waals surface area contributed by atoms with Crippen molar-refractivity contribution in [2.45, 2.75) is 13.1 Å². The van der Waals surface area contributed by atoms with E-state index in [2.05, 4.69) is 43.6 Å². The van der Waals surface area contributed by atoms with E-state index >= 15 is 0 Å². The highest BCUT2D eigenvalue weighted by Gasteiger charge is 2.12. The second-order valence-corrected chi connectivity index (χ2v) is 11.0. The first kappa shape index (κ1) is 26.7. The number of fused-ring (bicyclic) bond motifs is 2. The summed E-state index contributed by atoms with van der Waals surface area (Å²) in [6.45, 7) is 1.09.